The van der Waals surface area contributed by atoms with E-state index < -0.39 is 11.8 Å². The van der Waals surface area contributed by atoms with Crippen LogP contribution in [0, 0.1) is 17.8 Å². The molecular formula is C14H25F3O. The zero-order chi connectivity index (χ0) is 14.0. The fourth-order valence-corrected chi connectivity index (χ4v) is 3.08. The van der Waals surface area contributed by atoms with Crippen molar-refractivity contribution in [2.45, 2.75) is 71.1 Å². The van der Waals surface area contributed by atoms with Crippen molar-refractivity contribution < 1.29 is 18.3 Å². The van der Waals surface area contributed by atoms with E-state index in [1.54, 1.807) is 0 Å². The van der Waals surface area contributed by atoms with Gasteiger partial charge in [-0.25, -0.2) is 0 Å². The minimum atomic E-state index is -4.53. The average Bonchev–Trinajstić information content (AvgIpc) is 2.25. The first kappa shape index (κ1) is 15.8. The van der Waals surface area contributed by atoms with Gasteiger partial charge in [0, 0.05) is 0 Å². The first-order valence-electron chi connectivity index (χ1n) is 6.94. The van der Waals surface area contributed by atoms with Crippen LogP contribution in [0.1, 0.15) is 59.3 Å². The maximum Gasteiger partial charge on any atom is 0.416 e. The highest BCUT2D eigenvalue weighted by Crippen LogP contribution is 2.42. The molecule has 0 bridgehead atoms. The Morgan fingerprint density at radius 1 is 1.11 bits per heavy atom. The molecule has 0 amide bonds. The maximum absolute atomic E-state index is 12.8. The molecule has 0 aromatic rings. The number of aliphatic hydroxyl groups is 1. The van der Waals surface area contributed by atoms with Crippen LogP contribution in [0.3, 0.4) is 0 Å². The highest BCUT2D eigenvalue weighted by atomic mass is 19.4. The summed E-state index contributed by atoms with van der Waals surface area (Å²) in [6, 6.07) is 0. The molecule has 108 valence electrons. The molecule has 0 saturated heterocycles. The lowest BCUT2D eigenvalue weighted by molar-refractivity contribution is -0.261. The van der Waals surface area contributed by atoms with Crippen molar-refractivity contribution in [3.05, 3.63) is 0 Å². The highest BCUT2D eigenvalue weighted by Gasteiger charge is 2.51. The fraction of sp³-hybridized carbons (Fsp3) is 1.00. The van der Waals surface area contributed by atoms with Gasteiger partial charge in [0.15, 0.2) is 5.60 Å². The standard InChI is InChI=1S/C14H25F3O/c1-10(2)12(11-7-5-4-6-8-11)9-13(3,18)14(15,16)17/h10-12,18H,4-9H2,1-3H3. The Kier molecular flexibility index (Phi) is 5.10. The van der Waals surface area contributed by atoms with Crippen LogP contribution in [0.5, 0.6) is 0 Å². The predicted octanol–water partition coefficient (Wildman–Crippen LogP) is 4.54. The van der Waals surface area contributed by atoms with Gasteiger partial charge in [-0.2, -0.15) is 13.2 Å². The first-order valence-corrected chi connectivity index (χ1v) is 6.94. The monoisotopic (exact) mass is 266 g/mol. The predicted molar refractivity (Wildman–Crippen MR) is 66.2 cm³/mol. The molecule has 18 heavy (non-hydrogen) atoms. The Labute approximate surface area is 108 Å². The summed E-state index contributed by atoms with van der Waals surface area (Å²) in [6.07, 6.45) is 0.738. The number of halogens is 3. The molecule has 1 fully saturated rings. The van der Waals surface area contributed by atoms with E-state index in [4.69, 9.17) is 0 Å². The normalized spacial score (nSPS) is 24.0. The molecular weight excluding hydrogens is 241 g/mol. The number of hydrogen-bond donors (Lipinski definition) is 1. The second-order valence-electron chi connectivity index (χ2n) is 6.28. The molecule has 1 N–H and O–H groups in total. The van der Waals surface area contributed by atoms with Gasteiger partial charge in [-0.3, -0.25) is 0 Å². The summed E-state index contributed by atoms with van der Waals surface area (Å²) in [5.41, 5.74) is -2.56. The highest BCUT2D eigenvalue weighted by molar-refractivity contribution is 4.88. The summed E-state index contributed by atoms with van der Waals surface area (Å²) in [4.78, 5) is 0. The van der Waals surface area contributed by atoms with Crippen molar-refractivity contribution >= 4 is 0 Å². The van der Waals surface area contributed by atoms with E-state index >= 15 is 0 Å². The second kappa shape index (κ2) is 5.81. The van der Waals surface area contributed by atoms with Crippen molar-refractivity contribution in [2.24, 2.45) is 17.8 Å². The lowest BCUT2D eigenvalue weighted by Gasteiger charge is -2.38. The van der Waals surface area contributed by atoms with Gasteiger partial charge in [0.1, 0.15) is 0 Å². The Morgan fingerprint density at radius 2 is 1.61 bits per heavy atom. The summed E-state index contributed by atoms with van der Waals surface area (Å²) in [5, 5.41) is 9.68. The quantitative estimate of drug-likeness (QED) is 0.792. The van der Waals surface area contributed by atoms with Gasteiger partial charge in [-0.05, 0) is 31.1 Å². The lowest BCUT2D eigenvalue weighted by Crippen LogP contribution is -2.45. The molecule has 1 aliphatic carbocycles. The van der Waals surface area contributed by atoms with Gasteiger partial charge in [0.2, 0.25) is 0 Å². The molecule has 0 heterocycles. The number of alkyl halides is 3. The zero-order valence-electron chi connectivity index (χ0n) is 11.6. The van der Waals surface area contributed by atoms with Gasteiger partial charge in [0.25, 0.3) is 0 Å². The molecule has 0 aromatic heterocycles. The molecule has 0 aliphatic heterocycles. The Bertz CT molecular complexity index is 252. The van der Waals surface area contributed by atoms with Crippen LogP contribution >= 0.6 is 0 Å². The van der Waals surface area contributed by atoms with Crippen molar-refractivity contribution in [3.8, 4) is 0 Å². The lowest BCUT2D eigenvalue weighted by atomic mass is 9.71. The summed E-state index contributed by atoms with van der Waals surface area (Å²) in [7, 11) is 0. The summed E-state index contributed by atoms with van der Waals surface area (Å²) in [5.74, 6) is 0.483. The van der Waals surface area contributed by atoms with Crippen LogP contribution in [0.25, 0.3) is 0 Å². The summed E-state index contributed by atoms with van der Waals surface area (Å²) < 4.78 is 38.3. The molecule has 0 aromatic carbocycles. The molecule has 2 atom stereocenters. The largest absolute Gasteiger partial charge is 0.416 e. The SMILES string of the molecule is CC(C)C(CC(C)(O)C(F)(F)F)C1CCCCC1. The molecule has 4 heteroatoms. The van der Waals surface area contributed by atoms with E-state index in [0.717, 1.165) is 32.6 Å². The molecule has 1 saturated carbocycles. The van der Waals surface area contributed by atoms with Gasteiger partial charge < -0.3 is 5.11 Å². The van der Waals surface area contributed by atoms with Crippen LogP contribution in [0.4, 0.5) is 13.2 Å². The van der Waals surface area contributed by atoms with Crippen molar-refractivity contribution in [3.63, 3.8) is 0 Å². The van der Waals surface area contributed by atoms with Crippen molar-refractivity contribution in [2.75, 3.05) is 0 Å². The van der Waals surface area contributed by atoms with Gasteiger partial charge in [0.05, 0.1) is 0 Å². The van der Waals surface area contributed by atoms with Crippen LogP contribution in [-0.4, -0.2) is 16.9 Å². The Morgan fingerprint density at radius 3 is 2.00 bits per heavy atom. The van der Waals surface area contributed by atoms with Crippen LogP contribution < -0.4 is 0 Å². The minimum absolute atomic E-state index is 0.0399. The third kappa shape index (κ3) is 3.87. The molecule has 1 nitrogen and oxygen atoms in total. The smallest absolute Gasteiger partial charge is 0.381 e. The molecule has 2 unspecified atom stereocenters. The van der Waals surface area contributed by atoms with Crippen LogP contribution in [0.2, 0.25) is 0 Å². The Hall–Kier alpha value is -0.250. The van der Waals surface area contributed by atoms with Crippen molar-refractivity contribution in [1.29, 1.82) is 0 Å². The molecule has 1 aliphatic rings. The van der Waals surface area contributed by atoms with E-state index in [9.17, 15) is 18.3 Å². The third-order valence-electron chi connectivity index (χ3n) is 4.36. The van der Waals surface area contributed by atoms with E-state index in [0.29, 0.717) is 5.92 Å². The Balaban J connectivity index is 2.74. The van der Waals surface area contributed by atoms with Gasteiger partial charge >= 0.3 is 6.18 Å². The zero-order valence-corrected chi connectivity index (χ0v) is 11.6. The first-order chi connectivity index (χ1) is 8.15. The number of rotatable bonds is 4. The topological polar surface area (TPSA) is 20.2 Å². The fourth-order valence-electron chi connectivity index (χ4n) is 3.08. The number of hydrogen-bond acceptors (Lipinski definition) is 1. The van der Waals surface area contributed by atoms with E-state index in [2.05, 4.69) is 0 Å². The van der Waals surface area contributed by atoms with Crippen molar-refractivity contribution in [1.82, 2.24) is 0 Å². The average molecular weight is 266 g/mol. The van der Waals surface area contributed by atoms with E-state index in [-0.39, 0.29) is 18.3 Å². The molecule has 1 rings (SSSR count). The van der Waals surface area contributed by atoms with Crippen LogP contribution in [-0.2, 0) is 0 Å². The maximum atomic E-state index is 12.8. The molecule has 0 spiro atoms. The third-order valence-corrected chi connectivity index (χ3v) is 4.36. The van der Waals surface area contributed by atoms with Gasteiger partial charge in [-0.15, -0.1) is 0 Å². The second-order valence-corrected chi connectivity index (χ2v) is 6.28. The summed E-state index contributed by atoms with van der Waals surface area (Å²) >= 11 is 0. The van der Waals surface area contributed by atoms with Crippen LogP contribution in [0.15, 0.2) is 0 Å². The minimum Gasteiger partial charge on any atom is -0.381 e. The van der Waals surface area contributed by atoms with Gasteiger partial charge in [-0.1, -0.05) is 46.0 Å². The van der Waals surface area contributed by atoms with E-state index in [1.165, 1.54) is 6.42 Å². The molecule has 0 radical (unpaired) electrons. The van der Waals surface area contributed by atoms with E-state index in [1.807, 2.05) is 13.8 Å². The summed E-state index contributed by atoms with van der Waals surface area (Å²) in [6.45, 7) is 4.84.